The summed E-state index contributed by atoms with van der Waals surface area (Å²) < 4.78 is 1.77. The predicted octanol–water partition coefficient (Wildman–Crippen LogP) is 3.43. The van der Waals surface area contributed by atoms with Crippen molar-refractivity contribution in [2.45, 2.75) is 6.54 Å². The van der Waals surface area contributed by atoms with Crippen LogP contribution in [0.2, 0.25) is 0 Å². The monoisotopic (exact) mass is 262 g/mol. The van der Waals surface area contributed by atoms with Crippen LogP contribution < -0.4 is 0 Å². The Morgan fingerprint density at radius 3 is 2.30 bits per heavy atom. The number of Topliss-reactive ketones (excluding diaryl/α,β-unsaturated/α-hetero) is 1. The van der Waals surface area contributed by atoms with Crippen LogP contribution >= 0.6 is 0 Å². The molecule has 0 spiro atoms. The molecule has 3 aromatic rings. The van der Waals surface area contributed by atoms with E-state index in [0.29, 0.717) is 6.54 Å². The van der Waals surface area contributed by atoms with E-state index in [9.17, 15) is 4.79 Å². The van der Waals surface area contributed by atoms with E-state index in [-0.39, 0.29) is 5.78 Å². The summed E-state index contributed by atoms with van der Waals surface area (Å²) in [5, 5.41) is 0. The highest BCUT2D eigenvalue weighted by Gasteiger charge is 2.06. The third-order valence-electron chi connectivity index (χ3n) is 3.20. The van der Waals surface area contributed by atoms with Gasteiger partial charge in [0.2, 0.25) is 0 Å². The summed E-state index contributed by atoms with van der Waals surface area (Å²) in [6.45, 7) is 0.324. The zero-order valence-electron chi connectivity index (χ0n) is 10.9. The molecule has 98 valence electrons. The van der Waals surface area contributed by atoms with E-state index in [2.05, 4.69) is 17.1 Å². The molecule has 3 rings (SSSR count). The molecule has 0 unspecified atom stereocenters. The molecule has 0 radical (unpaired) electrons. The van der Waals surface area contributed by atoms with Crippen molar-refractivity contribution in [3.63, 3.8) is 0 Å². The van der Waals surface area contributed by atoms with Crippen LogP contribution in [0.5, 0.6) is 0 Å². The second-order valence-corrected chi connectivity index (χ2v) is 4.60. The van der Waals surface area contributed by atoms with E-state index in [1.807, 2.05) is 42.5 Å². The Kier molecular flexibility index (Phi) is 3.42. The van der Waals surface area contributed by atoms with Gasteiger partial charge in [-0.1, -0.05) is 54.6 Å². The van der Waals surface area contributed by atoms with Gasteiger partial charge in [-0.15, -0.1) is 0 Å². The quantitative estimate of drug-likeness (QED) is 0.675. The van der Waals surface area contributed by atoms with Gasteiger partial charge in [-0.3, -0.25) is 4.79 Å². The van der Waals surface area contributed by atoms with Gasteiger partial charge < -0.3 is 4.57 Å². The summed E-state index contributed by atoms with van der Waals surface area (Å²) in [6.07, 6.45) is 5.11. The summed E-state index contributed by atoms with van der Waals surface area (Å²) in [6, 6.07) is 17.8. The topological polar surface area (TPSA) is 34.9 Å². The number of imidazole rings is 1. The molecule has 1 heterocycles. The van der Waals surface area contributed by atoms with Gasteiger partial charge in [-0.25, -0.2) is 4.98 Å². The van der Waals surface area contributed by atoms with Crippen molar-refractivity contribution in [1.29, 1.82) is 0 Å². The van der Waals surface area contributed by atoms with Crippen molar-refractivity contribution in [2.24, 2.45) is 0 Å². The SMILES string of the molecule is O=C(Cn1ccnc1)c1ccc(-c2ccccc2)cc1. The van der Waals surface area contributed by atoms with Gasteiger partial charge in [0.25, 0.3) is 0 Å². The number of carbonyl (C=O) groups excluding carboxylic acids is 1. The average molecular weight is 262 g/mol. The minimum absolute atomic E-state index is 0.0858. The number of carbonyl (C=O) groups is 1. The summed E-state index contributed by atoms with van der Waals surface area (Å²) >= 11 is 0. The van der Waals surface area contributed by atoms with Crippen molar-refractivity contribution in [1.82, 2.24) is 9.55 Å². The maximum atomic E-state index is 12.1. The zero-order valence-corrected chi connectivity index (χ0v) is 10.9. The molecule has 0 aliphatic rings. The summed E-state index contributed by atoms with van der Waals surface area (Å²) in [5.41, 5.74) is 2.99. The molecule has 0 bridgehead atoms. The van der Waals surface area contributed by atoms with Crippen LogP contribution in [0.3, 0.4) is 0 Å². The highest BCUT2D eigenvalue weighted by atomic mass is 16.1. The van der Waals surface area contributed by atoms with E-state index in [1.54, 1.807) is 23.3 Å². The molecule has 3 heteroatoms. The first-order valence-corrected chi connectivity index (χ1v) is 6.47. The van der Waals surface area contributed by atoms with Gasteiger partial charge >= 0.3 is 0 Å². The fourth-order valence-electron chi connectivity index (χ4n) is 2.12. The number of rotatable bonds is 4. The molecule has 0 N–H and O–H groups in total. The molecule has 0 atom stereocenters. The van der Waals surface area contributed by atoms with Crippen LogP contribution in [0.25, 0.3) is 11.1 Å². The Bertz CT molecular complexity index is 686. The number of hydrogen-bond acceptors (Lipinski definition) is 2. The van der Waals surface area contributed by atoms with Gasteiger partial charge in [-0.05, 0) is 11.1 Å². The van der Waals surface area contributed by atoms with Gasteiger partial charge in [0.15, 0.2) is 5.78 Å². The molecule has 2 aromatic carbocycles. The highest BCUT2D eigenvalue weighted by molar-refractivity contribution is 5.96. The normalized spacial score (nSPS) is 10.4. The summed E-state index contributed by atoms with van der Waals surface area (Å²) in [5.74, 6) is 0.0858. The number of benzene rings is 2. The Morgan fingerprint density at radius 2 is 1.65 bits per heavy atom. The molecule has 0 fully saturated rings. The highest BCUT2D eigenvalue weighted by Crippen LogP contribution is 2.19. The second kappa shape index (κ2) is 5.53. The summed E-state index contributed by atoms with van der Waals surface area (Å²) in [7, 11) is 0. The molecular weight excluding hydrogens is 248 g/mol. The molecule has 3 nitrogen and oxygen atoms in total. The van der Waals surface area contributed by atoms with Crippen LogP contribution in [0.15, 0.2) is 73.3 Å². The number of hydrogen-bond donors (Lipinski definition) is 0. The minimum atomic E-state index is 0.0858. The van der Waals surface area contributed by atoms with Crippen molar-refractivity contribution in [3.8, 4) is 11.1 Å². The minimum Gasteiger partial charge on any atom is -0.330 e. The van der Waals surface area contributed by atoms with Crippen LogP contribution in [-0.2, 0) is 6.54 Å². The predicted molar refractivity (Wildman–Crippen MR) is 78.4 cm³/mol. The average Bonchev–Trinajstić information content (AvgIpc) is 3.01. The van der Waals surface area contributed by atoms with Gasteiger partial charge in [0, 0.05) is 18.0 Å². The Hall–Kier alpha value is -2.68. The molecule has 0 saturated heterocycles. The van der Waals surface area contributed by atoms with Crippen LogP contribution in [0, 0.1) is 0 Å². The number of nitrogens with zero attached hydrogens (tertiary/aromatic N) is 2. The lowest BCUT2D eigenvalue weighted by Crippen LogP contribution is -2.08. The fraction of sp³-hybridized carbons (Fsp3) is 0.0588. The van der Waals surface area contributed by atoms with Crippen molar-refractivity contribution in [2.75, 3.05) is 0 Å². The molecule has 1 aromatic heterocycles. The lowest BCUT2D eigenvalue weighted by Gasteiger charge is -2.04. The first kappa shape index (κ1) is 12.4. The Labute approximate surface area is 117 Å². The molecular formula is C17H14N2O. The smallest absolute Gasteiger partial charge is 0.182 e. The van der Waals surface area contributed by atoms with Gasteiger partial charge in [0.05, 0.1) is 12.9 Å². The van der Waals surface area contributed by atoms with Gasteiger partial charge in [0.1, 0.15) is 0 Å². The van der Waals surface area contributed by atoms with E-state index in [4.69, 9.17) is 0 Å². The molecule has 0 aliphatic heterocycles. The van der Waals surface area contributed by atoms with E-state index >= 15 is 0 Å². The first-order valence-electron chi connectivity index (χ1n) is 6.47. The van der Waals surface area contributed by atoms with Crippen molar-refractivity contribution < 1.29 is 4.79 Å². The van der Waals surface area contributed by atoms with Crippen LogP contribution in [0.1, 0.15) is 10.4 Å². The standard InChI is InChI=1S/C17H14N2O/c20-17(12-19-11-10-18-13-19)16-8-6-15(7-9-16)14-4-2-1-3-5-14/h1-11,13H,12H2. The Morgan fingerprint density at radius 1 is 0.950 bits per heavy atom. The maximum Gasteiger partial charge on any atom is 0.182 e. The molecule has 0 amide bonds. The van der Waals surface area contributed by atoms with Crippen molar-refractivity contribution >= 4 is 5.78 Å². The second-order valence-electron chi connectivity index (χ2n) is 4.60. The number of ketones is 1. The largest absolute Gasteiger partial charge is 0.330 e. The van der Waals surface area contributed by atoms with E-state index < -0.39 is 0 Å². The van der Waals surface area contributed by atoms with Crippen molar-refractivity contribution in [3.05, 3.63) is 78.9 Å². The summed E-state index contributed by atoms with van der Waals surface area (Å²) in [4.78, 5) is 16.0. The molecule has 0 aliphatic carbocycles. The first-order chi connectivity index (χ1) is 9.83. The molecule has 20 heavy (non-hydrogen) atoms. The zero-order chi connectivity index (χ0) is 13.8. The van der Waals surface area contributed by atoms with E-state index in [1.165, 1.54) is 0 Å². The Balaban J connectivity index is 1.78. The molecule has 0 saturated carbocycles. The van der Waals surface area contributed by atoms with Crippen LogP contribution in [-0.4, -0.2) is 15.3 Å². The van der Waals surface area contributed by atoms with E-state index in [0.717, 1.165) is 16.7 Å². The lowest BCUT2D eigenvalue weighted by atomic mass is 10.0. The maximum absolute atomic E-state index is 12.1. The third kappa shape index (κ3) is 2.67. The number of aromatic nitrogens is 2. The fourth-order valence-corrected chi connectivity index (χ4v) is 2.12. The van der Waals surface area contributed by atoms with Gasteiger partial charge in [-0.2, -0.15) is 0 Å². The third-order valence-corrected chi connectivity index (χ3v) is 3.20. The lowest BCUT2D eigenvalue weighted by molar-refractivity contribution is 0.0972. The van der Waals surface area contributed by atoms with Crippen LogP contribution in [0.4, 0.5) is 0 Å².